The Morgan fingerprint density at radius 1 is 1.50 bits per heavy atom. The molecule has 1 atom stereocenters. The van der Waals surface area contributed by atoms with E-state index < -0.39 is 5.82 Å². The quantitative estimate of drug-likeness (QED) is 0.927. The summed E-state index contributed by atoms with van der Waals surface area (Å²) in [5, 5.41) is 6.98. The van der Waals surface area contributed by atoms with Gasteiger partial charge in [-0.2, -0.15) is 4.98 Å². The molecule has 0 aliphatic rings. The normalized spacial score (nSPS) is 12.7. The summed E-state index contributed by atoms with van der Waals surface area (Å²) < 4.78 is 18.3. The average molecular weight is 270 g/mol. The van der Waals surface area contributed by atoms with Gasteiger partial charge < -0.3 is 9.84 Å². The second-order valence-electron chi connectivity index (χ2n) is 4.01. The average Bonchev–Trinajstić information content (AvgIpc) is 2.75. The van der Waals surface area contributed by atoms with Crippen LogP contribution in [0.3, 0.4) is 0 Å². The third-order valence-corrected chi connectivity index (χ3v) is 2.88. The molecule has 0 bridgehead atoms. The molecule has 96 valence electrons. The SMILES string of the molecule is Cc1noc(CNC(C)c2ccc(Cl)c(F)c2)n1. The molecule has 0 aliphatic carbocycles. The molecule has 0 spiro atoms. The summed E-state index contributed by atoms with van der Waals surface area (Å²) in [6.45, 7) is 4.11. The minimum absolute atomic E-state index is 0.0380. The predicted molar refractivity (Wildman–Crippen MR) is 65.7 cm³/mol. The maximum atomic E-state index is 13.3. The van der Waals surface area contributed by atoms with E-state index in [4.69, 9.17) is 16.1 Å². The van der Waals surface area contributed by atoms with Crippen LogP contribution in [0, 0.1) is 12.7 Å². The molecule has 0 saturated heterocycles. The van der Waals surface area contributed by atoms with Crippen molar-refractivity contribution >= 4 is 11.6 Å². The lowest BCUT2D eigenvalue weighted by atomic mass is 10.1. The van der Waals surface area contributed by atoms with Gasteiger partial charge in [0.05, 0.1) is 11.6 Å². The van der Waals surface area contributed by atoms with Crippen molar-refractivity contribution in [3.8, 4) is 0 Å². The highest BCUT2D eigenvalue weighted by Gasteiger charge is 2.10. The van der Waals surface area contributed by atoms with Crippen LogP contribution in [0.2, 0.25) is 5.02 Å². The van der Waals surface area contributed by atoms with Crippen LogP contribution in [0.5, 0.6) is 0 Å². The Morgan fingerprint density at radius 3 is 2.89 bits per heavy atom. The largest absolute Gasteiger partial charge is 0.338 e. The van der Waals surface area contributed by atoms with Gasteiger partial charge in [-0.3, -0.25) is 0 Å². The van der Waals surface area contributed by atoms with Crippen molar-refractivity contribution in [2.75, 3.05) is 0 Å². The van der Waals surface area contributed by atoms with E-state index >= 15 is 0 Å². The number of hydrogen-bond donors (Lipinski definition) is 1. The third kappa shape index (κ3) is 3.05. The molecule has 0 aliphatic heterocycles. The van der Waals surface area contributed by atoms with E-state index in [-0.39, 0.29) is 11.1 Å². The van der Waals surface area contributed by atoms with Gasteiger partial charge in [-0.25, -0.2) is 4.39 Å². The van der Waals surface area contributed by atoms with E-state index in [0.29, 0.717) is 18.3 Å². The van der Waals surface area contributed by atoms with Crippen molar-refractivity contribution in [1.29, 1.82) is 0 Å². The fourth-order valence-electron chi connectivity index (χ4n) is 1.55. The van der Waals surface area contributed by atoms with E-state index in [1.165, 1.54) is 6.07 Å². The molecule has 2 rings (SSSR count). The lowest BCUT2D eigenvalue weighted by molar-refractivity contribution is 0.357. The maximum absolute atomic E-state index is 13.3. The van der Waals surface area contributed by atoms with Gasteiger partial charge in [0.1, 0.15) is 5.82 Å². The molecule has 1 unspecified atom stereocenters. The Morgan fingerprint density at radius 2 is 2.28 bits per heavy atom. The summed E-state index contributed by atoms with van der Waals surface area (Å²) in [4.78, 5) is 4.07. The molecule has 2 aromatic rings. The molecule has 1 heterocycles. The van der Waals surface area contributed by atoms with Crippen molar-refractivity contribution in [2.45, 2.75) is 26.4 Å². The van der Waals surface area contributed by atoms with Crippen LogP contribution in [-0.4, -0.2) is 10.1 Å². The Labute approximate surface area is 109 Å². The van der Waals surface area contributed by atoms with Crippen LogP contribution < -0.4 is 5.32 Å². The van der Waals surface area contributed by atoms with Crippen LogP contribution in [0.15, 0.2) is 22.7 Å². The smallest absolute Gasteiger partial charge is 0.240 e. The lowest BCUT2D eigenvalue weighted by Gasteiger charge is -2.13. The molecule has 0 fully saturated rings. The van der Waals surface area contributed by atoms with Crippen molar-refractivity contribution in [2.24, 2.45) is 0 Å². The number of rotatable bonds is 4. The first-order valence-electron chi connectivity index (χ1n) is 5.54. The van der Waals surface area contributed by atoms with Crippen molar-refractivity contribution in [3.63, 3.8) is 0 Å². The van der Waals surface area contributed by atoms with Crippen molar-refractivity contribution in [1.82, 2.24) is 15.5 Å². The topological polar surface area (TPSA) is 51.0 Å². The second-order valence-corrected chi connectivity index (χ2v) is 4.42. The Bertz CT molecular complexity index is 544. The highest BCUT2D eigenvalue weighted by Crippen LogP contribution is 2.20. The number of aromatic nitrogens is 2. The van der Waals surface area contributed by atoms with Gasteiger partial charge in [-0.05, 0) is 31.5 Å². The molecule has 0 radical (unpaired) electrons. The second kappa shape index (κ2) is 5.46. The minimum Gasteiger partial charge on any atom is -0.338 e. The maximum Gasteiger partial charge on any atom is 0.240 e. The molecule has 1 aromatic carbocycles. The highest BCUT2D eigenvalue weighted by atomic mass is 35.5. The van der Waals surface area contributed by atoms with Crippen LogP contribution in [-0.2, 0) is 6.54 Å². The molecule has 4 nitrogen and oxygen atoms in total. The number of benzene rings is 1. The summed E-state index contributed by atoms with van der Waals surface area (Å²) in [5.41, 5.74) is 0.813. The number of hydrogen-bond acceptors (Lipinski definition) is 4. The summed E-state index contributed by atoms with van der Waals surface area (Å²) in [5.74, 6) is 0.683. The van der Waals surface area contributed by atoms with Crippen LogP contribution >= 0.6 is 11.6 Å². The fraction of sp³-hybridized carbons (Fsp3) is 0.333. The number of nitrogens with one attached hydrogen (secondary N) is 1. The van der Waals surface area contributed by atoms with Gasteiger partial charge in [0.2, 0.25) is 5.89 Å². The Kier molecular flexibility index (Phi) is 3.93. The molecule has 6 heteroatoms. The van der Waals surface area contributed by atoms with Crippen LogP contribution in [0.25, 0.3) is 0 Å². The van der Waals surface area contributed by atoms with Gasteiger partial charge in [0.25, 0.3) is 0 Å². The molecular formula is C12H13ClFN3O. The summed E-state index contributed by atoms with van der Waals surface area (Å²) in [6.07, 6.45) is 0. The summed E-state index contributed by atoms with van der Waals surface area (Å²) in [6, 6.07) is 4.70. The van der Waals surface area contributed by atoms with Gasteiger partial charge in [0, 0.05) is 6.04 Å². The molecule has 1 N–H and O–H groups in total. The fourth-order valence-corrected chi connectivity index (χ4v) is 1.67. The van der Waals surface area contributed by atoms with Gasteiger partial charge in [-0.1, -0.05) is 22.8 Å². The van der Waals surface area contributed by atoms with E-state index in [1.807, 2.05) is 6.92 Å². The number of nitrogens with zero attached hydrogens (tertiary/aromatic N) is 2. The number of aryl methyl sites for hydroxylation is 1. The summed E-state index contributed by atoms with van der Waals surface area (Å²) in [7, 11) is 0. The van der Waals surface area contributed by atoms with Crippen LogP contribution in [0.4, 0.5) is 4.39 Å². The van der Waals surface area contributed by atoms with E-state index in [0.717, 1.165) is 5.56 Å². The zero-order valence-corrected chi connectivity index (χ0v) is 10.8. The molecule has 0 saturated carbocycles. The van der Waals surface area contributed by atoms with Gasteiger partial charge in [-0.15, -0.1) is 0 Å². The van der Waals surface area contributed by atoms with Crippen LogP contribution in [0.1, 0.15) is 30.2 Å². The third-order valence-electron chi connectivity index (χ3n) is 2.57. The molecule has 1 aromatic heterocycles. The first-order valence-corrected chi connectivity index (χ1v) is 5.91. The van der Waals surface area contributed by atoms with E-state index in [1.54, 1.807) is 19.1 Å². The van der Waals surface area contributed by atoms with E-state index in [2.05, 4.69) is 15.5 Å². The minimum atomic E-state index is -0.420. The zero-order chi connectivity index (χ0) is 13.1. The highest BCUT2D eigenvalue weighted by molar-refractivity contribution is 6.30. The predicted octanol–water partition coefficient (Wildman–Crippen LogP) is 3.02. The van der Waals surface area contributed by atoms with Gasteiger partial charge >= 0.3 is 0 Å². The first kappa shape index (κ1) is 13.0. The van der Waals surface area contributed by atoms with Gasteiger partial charge in [0.15, 0.2) is 5.82 Å². The van der Waals surface area contributed by atoms with Crippen molar-refractivity contribution in [3.05, 3.63) is 46.3 Å². The first-order chi connectivity index (χ1) is 8.56. The molecule has 0 amide bonds. The zero-order valence-electron chi connectivity index (χ0n) is 10.1. The van der Waals surface area contributed by atoms with Crippen molar-refractivity contribution < 1.29 is 8.91 Å². The number of halogens is 2. The lowest BCUT2D eigenvalue weighted by Crippen LogP contribution is -2.18. The Hall–Kier alpha value is -1.46. The Balaban J connectivity index is 1.99. The standard InChI is InChI=1S/C12H13ClFN3O/c1-7(9-3-4-10(13)11(14)5-9)15-6-12-16-8(2)17-18-12/h3-5,7,15H,6H2,1-2H3. The molecular weight excluding hydrogens is 257 g/mol. The monoisotopic (exact) mass is 269 g/mol. The molecule has 18 heavy (non-hydrogen) atoms. The summed E-state index contributed by atoms with van der Waals surface area (Å²) >= 11 is 5.63. The van der Waals surface area contributed by atoms with E-state index in [9.17, 15) is 4.39 Å².